The number of guanidine groups is 1. The first-order valence-corrected chi connectivity index (χ1v) is 9.01. The Morgan fingerprint density at radius 2 is 2.05 bits per heavy atom. The molecule has 0 bridgehead atoms. The lowest BCUT2D eigenvalue weighted by atomic mass is 10.1. The molecule has 0 aliphatic carbocycles. The number of hydrogen-bond donors (Lipinski definition) is 1. The van der Waals surface area contributed by atoms with Crippen LogP contribution >= 0.6 is 11.3 Å². The lowest BCUT2D eigenvalue weighted by molar-refractivity contribution is 0.224. The van der Waals surface area contributed by atoms with Crippen molar-refractivity contribution in [3.05, 3.63) is 22.4 Å². The van der Waals surface area contributed by atoms with Crippen molar-refractivity contribution >= 4 is 17.3 Å². The van der Waals surface area contributed by atoms with Gasteiger partial charge in [0, 0.05) is 13.1 Å². The summed E-state index contributed by atoms with van der Waals surface area (Å²) in [4.78, 5) is 9.39. The van der Waals surface area contributed by atoms with E-state index < -0.39 is 0 Å². The Hall–Kier alpha value is -1.07. The Morgan fingerprint density at radius 1 is 1.33 bits per heavy atom. The van der Waals surface area contributed by atoms with E-state index in [-0.39, 0.29) is 0 Å². The van der Waals surface area contributed by atoms with Crippen molar-refractivity contribution in [1.29, 1.82) is 0 Å². The zero-order chi connectivity index (χ0) is 15.1. The number of likely N-dealkylation sites (N-methyl/N-ethyl adjacent to an activating group) is 1. The molecule has 0 spiro atoms. The first-order valence-electron chi connectivity index (χ1n) is 8.07. The Bertz CT molecular complexity index is 419. The first kappa shape index (κ1) is 16.3. The third-order valence-electron chi connectivity index (χ3n) is 4.29. The molecule has 5 heteroatoms. The van der Waals surface area contributed by atoms with E-state index in [0.29, 0.717) is 6.04 Å². The van der Waals surface area contributed by atoms with Gasteiger partial charge in [-0.05, 0) is 54.7 Å². The number of likely N-dealkylation sites (tertiary alicyclic amines) is 1. The van der Waals surface area contributed by atoms with Gasteiger partial charge >= 0.3 is 0 Å². The quantitative estimate of drug-likeness (QED) is 0.649. The smallest absolute Gasteiger partial charge is 0.191 e. The lowest BCUT2D eigenvalue weighted by Crippen LogP contribution is -2.41. The molecule has 0 saturated carbocycles. The molecule has 1 aliphatic heterocycles. The van der Waals surface area contributed by atoms with Crippen molar-refractivity contribution in [2.24, 2.45) is 10.7 Å². The summed E-state index contributed by atoms with van der Waals surface area (Å²) in [6, 6.07) is 2.55. The summed E-state index contributed by atoms with van der Waals surface area (Å²) in [6.45, 7) is 9.36. The maximum Gasteiger partial charge on any atom is 0.191 e. The molecule has 4 nitrogen and oxygen atoms in total. The van der Waals surface area contributed by atoms with Crippen LogP contribution in [0.1, 0.15) is 44.7 Å². The van der Waals surface area contributed by atoms with Gasteiger partial charge in [-0.3, -0.25) is 9.89 Å². The van der Waals surface area contributed by atoms with E-state index in [0.717, 1.165) is 38.7 Å². The Labute approximate surface area is 132 Å². The molecular weight excluding hydrogens is 280 g/mol. The molecule has 1 atom stereocenters. The molecule has 0 amide bonds. The fourth-order valence-electron chi connectivity index (χ4n) is 2.96. The van der Waals surface area contributed by atoms with Gasteiger partial charge in [-0.1, -0.05) is 13.8 Å². The van der Waals surface area contributed by atoms with Crippen LogP contribution in [0.5, 0.6) is 0 Å². The van der Waals surface area contributed by atoms with Crippen molar-refractivity contribution in [3.63, 3.8) is 0 Å². The monoisotopic (exact) mass is 308 g/mol. The zero-order valence-corrected chi connectivity index (χ0v) is 14.1. The summed E-state index contributed by atoms with van der Waals surface area (Å²) in [7, 11) is 0. The normalized spacial score (nSPS) is 18.2. The molecule has 1 unspecified atom stereocenters. The largest absolute Gasteiger partial charge is 0.370 e. The fourth-order valence-corrected chi connectivity index (χ4v) is 3.67. The van der Waals surface area contributed by atoms with Crippen LogP contribution in [0.2, 0.25) is 0 Å². The molecule has 1 aliphatic rings. The summed E-state index contributed by atoms with van der Waals surface area (Å²) in [5.41, 5.74) is 7.55. The van der Waals surface area contributed by atoms with Crippen LogP contribution in [0.15, 0.2) is 21.8 Å². The van der Waals surface area contributed by atoms with Gasteiger partial charge in [0.1, 0.15) is 0 Å². The maximum atomic E-state index is 6.19. The Kier molecular flexibility index (Phi) is 6.51. The van der Waals surface area contributed by atoms with E-state index in [9.17, 15) is 0 Å². The second-order valence-corrected chi connectivity index (χ2v) is 6.32. The molecule has 118 valence electrons. The lowest BCUT2D eigenvalue weighted by Gasteiger charge is -2.30. The van der Waals surface area contributed by atoms with Gasteiger partial charge < -0.3 is 10.6 Å². The highest BCUT2D eigenvalue weighted by Gasteiger charge is 2.19. The standard InChI is InChI=1S/C16H28N4S/c1-3-19(4-2)15(14-8-11-21-13-14)12-18-16(17)20-9-6-5-7-10-20/h8,11,13,15H,3-7,9-10,12H2,1-2H3,(H2,17,18). The van der Waals surface area contributed by atoms with Crippen LogP contribution in [0.3, 0.4) is 0 Å². The topological polar surface area (TPSA) is 44.9 Å². The van der Waals surface area contributed by atoms with Gasteiger partial charge in [0.25, 0.3) is 0 Å². The minimum atomic E-state index is 0.342. The molecule has 1 aromatic rings. The van der Waals surface area contributed by atoms with Gasteiger partial charge in [-0.15, -0.1) is 0 Å². The van der Waals surface area contributed by atoms with Crippen molar-refractivity contribution in [1.82, 2.24) is 9.80 Å². The van der Waals surface area contributed by atoms with Gasteiger partial charge in [-0.2, -0.15) is 11.3 Å². The highest BCUT2D eigenvalue weighted by molar-refractivity contribution is 7.07. The van der Waals surface area contributed by atoms with Crippen LogP contribution in [0.25, 0.3) is 0 Å². The molecule has 1 saturated heterocycles. The molecule has 1 fully saturated rings. The molecule has 0 aromatic carbocycles. The third kappa shape index (κ3) is 4.45. The molecule has 21 heavy (non-hydrogen) atoms. The number of piperidine rings is 1. The van der Waals surface area contributed by atoms with E-state index in [4.69, 9.17) is 10.7 Å². The Balaban J connectivity index is 2.04. The molecule has 0 radical (unpaired) electrons. The van der Waals surface area contributed by atoms with Gasteiger partial charge in [-0.25, -0.2) is 0 Å². The van der Waals surface area contributed by atoms with E-state index in [1.54, 1.807) is 11.3 Å². The first-order chi connectivity index (χ1) is 10.3. The van der Waals surface area contributed by atoms with Crippen molar-refractivity contribution < 1.29 is 0 Å². The Morgan fingerprint density at radius 3 is 2.62 bits per heavy atom. The predicted molar refractivity (Wildman–Crippen MR) is 91.9 cm³/mol. The molecule has 2 N–H and O–H groups in total. The van der Waals surface area contributed by atoms with E-state index >= 15 is 0 Å². The van der Waals surface area contributed by atoms with Crippen LogP contribution < -0.4 is 5.73 Å². The third-order valence-corrected chi connectivity index (χ3v) is 4.99. The summed E-state index contributed by atoms with van der Waals surface area (Å²) in [6.07, 6.45) is 3.79. The second-order valence-electron chi connectivity index (χ2n) is 5.54. The average molecular weight is 308 g/mol. The van der Waals surface area contributed by atoms with Crippen molar-refractivity contribution in [2.75, 3.05) is 32.7 Å². The van der Waals surface area contributed by atoms with Gasteiger partial charge in [0.05, 0.1) is 12.6 Å². The van der Waals surface area contributed by atoms with E-state index in [1.165, 1.54) is 24.8 Å². The minimum absolute atomic E-state index is 0.342. The maximum absolute atomic E-state index is 6.19. The predicted octanol–water partition coefficient (Wildman–Crippen LogP) is 2.93. The van der Waals surface area contributed by atoms with E-state index in [2.05, 4.69) is 40.5 Å². The summed E-state index contributed by atoms with van der Waals surface area (Å²) in [5.74, 6) is 0.724. The summed E-state index contributed by atoms with van der Waals surface area (Å²) >= 11 is 1.75. The van der Waals surface area contributed by atoms with Crippen molar-refractivity contribution in [2.45, 2.75) is 39.2 Å². The highest BCUT2D eigenvalue weighted by Crippen LogP contribution is 2.23. The molecule has 2 heterocycles. The minimum Gasteiger partial charge on any atom is -0.370 e. The highest BCUT2D eigenvalue weighted by atomic mass is 32.1. The van der Waals surface area contributed by atoms with Crippen LogP contribution in [-0.2, 0) is 0 Å². The number of thiophene rings is 1. The van der Waals surface area contributed by atoms with Crippen molar-refractivity contribution in [3.8, 4) is 0 Å². The van der Waals surface area contributed by atoms with E-state index in [1.807, 2.05) is 0 Å². The van der Waals surface area contributed by atoms with Gasteiger partial charge in [0.15, 0.2) is 5.96 Å². The molecule has 1 aromatic heterocycles. The second kappa shape index (κ2) is 8.39. The fraction of sp³-hybridized carbons (Fsp3) is 0.688. The summed E-state index contributed by atoms with van der Waals surface area (Å²) < 4.78 is 0. The molecular formula is C16H28N4S. The molecule has 2 rings (SSSR count). The number of rotatable bonds is 6. The summed E-state index contributed by atoms with van der Waals surface area (Å²) in [5, 5.41) is 4.37. The number of nitrogens with two attached hydrogens (primary N) is 1. The average Bonchev–Trinajstić information content (AvgIpc) is 3.06. The van der Waals surface area contributed by atoms with Gasteiger partial charge in [0.2, 0.25) is 0 Å². The zero-order valence-electron chi connectivity index (χ0n) is 13.3. The number of aliphatic imine (C=N–C) groups is 1. The van der Waals surface area contributed by atoms with Crippen LogP contribution in [0, 0.1) is 0 Å². The van der Waals surface area contributed by atoms with Crippen LogP contribution in [0.4, 0.5) is 0 Å². The SMILES string of the molecule is CCN(CC)C(CN=C(N)N1CCCCC1)c1ccsc1. The number of nitrogens with zero attached hydrogens (tertiary/aromatic N) is 3. The number of hydrogen-bond acceptors (Lipinski definition) is 3. The van der Waals surface area contributed by atoms with Crippen LogP contribution in [-0.4, -0.2) is 48.5 Å².